The molecule has 2 aromatic rings. The summed E-state index contributed by atoms with van der Waals surface area (Å²) in [6.07, 6.45) is -10.8. The van der Waals surface area contributed by atoms with Crippen LogP contribution in [0.15, 0.2) is 48.5 Å². The van der Waals surface area contributed by atoms with Gasteiger partial charge in [0.2, 0.25) is 0 Å². The van der Waals surface area contributed by atoms with E-state index in [0.717, 1.165) is 36.4 Å². The molecule has 2 aromatic carbocycles. The Balaban J connectivity index is 2.19. The van der Waals surface area contributed by atoms with Gasteiger partial charge in [-0.05, 0) is 12.1 Å². The first-order chi connectivity index (χ1) is 12.0. The van der Waals surface area contributed by atoms with Crippen LogP contribution >= 0.6 is 0 Å². The number of benzene rings is 2. The molecule has 0 radical (unpaired) electrons. The van der Waals surface area contributed by atoms with E-state index in [1.54, 1.807) is 0 Å². The quantitative estimate of drug-likeness (QED) is 0.507. The van der Waals surface area contributed by atoms with E-state index in [1.807, 2.05) is 0 Å². The second-order valence-corrected chi connectivity index (χ2v) is 5.43. The molecule has 0 spiro atoms. The number of rotatable bonds is 5. The Kier molecular flexibility index (Phi) is 5.53. The Morgan fingerprint density at radius 2 is 0.923 bits per heavy atom. The van der Waals surface area contributed by atoms with E-state index in [9.17, 15) is 35.9 Å². The van der Waals surface area contributed by atoms with Gasteiger partial charge in [0.15, 0.2) is 11.6 Å². The summed E-state index contributed by atoms with van der Waals surface area (Å²) in [7, 11) is 0. The lowest BCUT2D eigenvalue weighted by molar-refractivity contribution is -0.138. The monoisotopic (exact) mass is 374 g/mol. The van der Waals surface area contributed by atoms with Crippen LogP contribution in [-0.2, 0) is 12.4 Å². The molecule has 138 valence electrons. The van der Waals surface area contributed by atoms with Crippen molar-refractivity contribution in [3.63, 3.8) is 0 Å². The van der Waals surface area contributed by atoms with E-state index < -0.39 is 59.0 Å². The van der Waals surface area contributed by atoms with Crippen molar-refractivity contribution in [2.24, 2.45) is 0 Å². The Labute approximate surface area is 144 Å². The van der Waals surface area contributed by atoms with E-state index in [0.29, 0.717) is 0 Å². The van der Waals surface area contributed by atoms with Gasteiger partial charge in [0.25, 0.3) is 0 Å². The smallest absolute Gasteiger partial charge is 0.294 e. The summed E-state index contributed by atoms with van der Waals surface area (Å²) in [4.78, 5) is 24.1. The van der Waals surface area contributed by atoms with Gasteiger partial charge in [0, 0.05) is 24.0 Å². The van der Waals surface area contributed by atoms with Crippen LogP contribution in [0.1, 0.15) is 44.7 Å². The number of carbonyl (C=O) groups is 2. The molecule has 0 N–H and O–H groups in total. The third-order valence-corrected chi connectivity index (χ3v) is 3.64. The highest BCUT2D eigenvalue weighted by atomic mass is 19.4. The van der Waals surface area contributed by atoms with Crippen molar-refractivity contribution >= 4 is 11.6 Å². The minimum Gasteiger partial charge on any atom is -0.294 e. The van der Waals surface area contributed by atoms with Crippen LogP contribution in [-0.4, -0.2) is 11.6 Å². The molecule has 0 heterocycles. The maximum absolute atomic E-state index is 12.9. The molecule has 0 saturated carbocycles. The SMILES string of the molecule is O=C(CCC(=O)c1ccccc1C(F)(F)F)c1ccccc1C(F)(F)F. The van der Waals surface area contributed by atoms with Crippen LogP contribution in [0.2, 0.25) is 0 Å². The van der Waals surface area contributed by atoms with Gasteiger partial charge in [-0.3, -0.25) is 9.59 Å². The molecule has 0 aliphatic heterocycles. The molecule has 0 atom stereocenters. The minimum atomic E-state index is -4.75. The fraction of sp³-hybridized carbons (Fsp3) is 0.222. The van der Waals surface area contributed by atoms with Crippen LogP contribution in [0.3, 0.4) is 0 Å². The molecule has 8 heteroatoms. The lowest BCUT2D eigenvalue weighted by Gasteiger charge is -2.13. The number of hydrogen-bond donors (Lipinski definition) is 0. The van der Waals surface area contributed by atoms with Crippen LogP contribution in [0.4, 0.5) is 26.3 Å². The van der Waals surface area contributed by atoms with Crippen molar-refractivity contribution in [3.8, 4) is 0 Å². The molecule has 0 aromatic heterocycles. The molecule has 26 heavy (non-hydrogen) atoms. The highest BCUT2D eigenvalue weighted by molar-refractivity contribution is 6.03. The molecular weight excluding hydrogens is 362 g/mol. The standard InChI is InChI=1S/C18H12F6O2/c19-17(20,21)13-7-3-1-5-11(13)15(25)9-10-16(26)12-6-2-4-8-14(12)18(22,23)24/h1-8H,9-10H2. The van der Waals surface area contributed by atoms with Crippen molar-refractivity contribution < 1.29 is 35.9 Å². The molecule has 0 aliphatic carbocycles. The van der Waals surface area contributed by atoms with Crippen molar-refractivity contribution in [1.29, 1.82) is 0 Å². The summed E-state index contributed by atoms with van der Waals surface area (Å²) in [5.74, 6) is -1.92. The lowest BCUT2D eigenvalue weighted by Crippen LogP contribution is -2.16. The van der Waals surface area contributed by atoms with Crippen molar-refractivity contribution in [1.82, 2.24) is 0 Å². The fourth-order valence-electron chi connectivity index (χ4n) is 2.44. The number of ketones is 2. The topological polar surface area (TPSA) is 34.1 Å². The molecule has 0 aliphatic rings. The Morgan fingerprint density at radius 3 is 1.23 bits per heavy atom. The van der Waals surface area contributed by atoms with Crippen molar-refractivity contribution in [2.75, 3.05) is 0 Å². The third-order valence-electron chi connectivity index (χ3n) is 3.64. The molecule has 0 bridgehead atoms. The van der Waals surface area contributed by atoms with Gasteiger partial charge in [-0.15, -0.1) is 0 Å². The van der Waals surface area contributed by atoms with E-state index in [2.05, 4.69) is 0 Å². The summed E-state index contributed by atoms with van der Waals surface area (Å²) in [6, 6.07) is 8.11. The van der Waals surface area contributed by atoms with Crippen LogP contribution in [0.25, 0.3) is 0 Å². The predicted molar refractivity (Wildman–Crippen MR) is 80.8 cm³/mol. The summed E-state index contributed by atoms with van der Waals surface area (Å²) < 4.78 is 77.5. The highest BCUT2D eigenvalue weighted by Gasteiger charge is 2.36. The normalized spacial score (nSPS) is 12.1. The van der Waals surface area contributed by atoms with E-state index in [-0.39, 0.29) is 0 Å². The summed E-state index contributed by atoms with van der Waals surface area (Å²) >= 11 is 0. The largest absolute Gasteiger partial charge is 0.417 e. The average molecular weight is 374 g/mol. The average Bonchev–Trinajstić information content (AvgIpc) is 2.58. The van der Waals surface area contributed by atoms with Gasteiger partial charge >= 0.3 is 12.4 Å². The van der Waals surface area contributed by atoms with Gasteiger partial charge < -0.3 is 0 Å². The number of carbonyl (C=O) groups excluding carboxylic acids is 2. The molecule has 2 rings (SSSR count). The summed E-state index contributed by atoms with van der Waals surface area (Å²) in [5.41, 5.74) is -3.52. The van der Waals surface area contributed by atoms with Gasteiger partial charge in [-0.2, -0.15) is 26.3 Å². The zero-order valence-electron chi connectivity index (χ0n) is 13.1. The maximum atomic E-state index is 12.9. The zero-order valence-corrected chi connectivity index (χ0v) is 13.1. The first-order valence-corrected chi connectivity index (χ1v) is 7.40. The van der Waals surface area contributed by atoms with Gasteiger partial charge in [-0.1, -0.05) is 36.4 Å². The second-order valence-electron chi connectivity index (χ2n) is 5.43. The Hall–Kier alpha value is -2.64. The molecule has 0 fully saturated rings. The fourth-order valence-corrected chi connectivity index (χ4v) is 2.44. The highest BCUT2D eigenvalue weighted by Crippen LogP contribution is 2.34. The third kappa shape index (κ3) is 4.50. The van der Waals surface area contributed by atoms with Crippen LogP contribution in [0.5, 0.6) is 0 Å². The van der Waals surface area contributed by atoms with Crippen LogP contribution < -0.4 is 0 Å². The lowest BCUT2D eigenvalue weighted by atomic mass is 9.96. The van der Waals surface area contributed by atoms with Crippen molar-refractivity contribution in [2.45, 2.75) is 25.2 Å². The van der Waals surface area contributed by atoms with Gasteiger partial charge in [0.05, 0.1) is 11.1 Å². The van der Waals surface area contributed by atoms with E-state index in [1.165, 1.54) is 12.1 Å². The van der Waals surface area contributed by atoms with Gasteiger partial charge in [0.1, 0.15) is 0 Å². The first-order valence-electron chi connectivity index (χ1n) is 7.40. The maximum Gasteiger partial charge on any atom is 0.417 e. The first kappa shape index (κ1) is 19.7. The Bertz CT molecular complexity index is 751. The van der Waals surface area contributed by atoms with E-state index >= 15 is 0 Å². The number of hydrogen-bond acceptors (Lipinski definition) is 2. The molecule has 0 amide bonds. The zero-order chi connectivity index (χ0) is 19.5. The summed E-state index contributed by atoms with van der Waals surface area (Å²) in [6.45, 7) is 0. The number of halogens is 6. The molecule has 0 unspecified atom stereocenters. The van der Waals surface area contributed by atoms with Crippen molar-refractivity contribution in [3.05, 3.63) is 70.8 Å². The van der Waals surface area contributed by atoms with Crippen LogP contribution in [0, 0.1) is 0 Å². The molecule has 0 saturated heterocycles. The summed E-state index contributed by atoms with van der Waals surface area (Å²) in [5, 5.41) is 0. The Morgan fingerprint density at radius 1 is 0.615 bits per heavy atom. The molecule has 2 nitrogen and oxygen atoms in total. The second kappa shape index (κ2) is 7.31. The minimum absolute atomic E-state index is 0.614. The number of Topliss-reactive ketones (excluding diaryl/α,β-unsaturated/α-hetero) is 2. The van der Waals surface area contributed by atoms with Gasteiger partial charge in [-0.25, -0.2) is 0 Å². The molecular formula is C18H12F6O2. The predicted octanol–water partition coefficient (Wildman–Crippen LogP) is 5.57. The number of alkyl halides is 6. The van der Waals surface area contributed by atoms with E-state index in [4.69, 9.17) is 0 Å².